The summed E-state index contributed by atoms with van der Waals surface area (Å²) >= 11 is 5.82. The predicted molar refractivity (Wildman–Crippen MR) is 101 cm³/mol. The Morgan fingerprint density at radius 2 is 1.65 bits per heavy atom. The lowest BCUT2D eigenvalue weighted by atomic mass is 10.1. The second-order valence-corrected chi connectivity index (χ2v) is 6.41. The first-order valence-electron chi connectivity index (χ1n) is 8.02. The summed E-state index contributed by atoms with van der Waals surface area (Å²) in [6.45, 7) is 3.75. The fraction of sp³-hybridized carbons (Fsp3) is 0.158. The molecular weight excluding hydrogens is 352 g/mol. The van der Waals surface area contributed by atoms with Crippen LogP contribution in [-0.2, 0) is 0 Å². The maximum atomic E-state index is 12.7. The number of hydrogen-bond acceptors (Lipinski definition) is 4. The zero-order valence-corrected chi connectivity index (χ0v) is 15.1. The molecule has 0 aromatic heterocycles. The van der Waals surface area contributed by atoms with Gasteiger partial charge in [-0.1, -0.05) is 29.3 Å². The third-order valence-electron chi connectivity index (χ3n) is 3.81. The van der Waals surface area contributed by atoms with Crippen LogP contribution < -0.4 is 5.43 Å². The van der Waals surface area contributed by atoms with Gasteiger partial charge >= 0.3 is 0 Å². The van der Waals surface area contributed by atoms with Gasteiger partial charge < -0.3 is 0 Å². The van der Waals surface area contributed by atoms with Gasteiger partial charge in [0.05, 0.1) is 0 Å². The molecule has 26 heavy (non-hydrogen) atoms. The molecule has 3 rings (SSSR count). The molecule has 0 saturated heterocycles. The molecule has 2 aromatic carbocycles. The predicted octanol–water partition coefficient (Wildman–Crippen LogP) is 3.61. The van der Waals surface area contributed by atoms with E-state index in [0.29, 0.717) is 28.4 Å². The highest BCUT2D eigenvalue weighted by molar-refractivity contribution is 6.30. The first kappa shape index (κ1) is 17.8. The summed E-state index contributed by atoms with van der Waals surface area (Å²) < 4.78 is 0. The monoisotopic (exact) mass is 368 g/mol. The van der Waals surface area contributed by atoms with Crippen LogP contribution in [0.2, 0.25) is 5.02 Å². The van der Waals surface area contributed by atoms with Crippen molar-refractivity contribution < 1.29 is 9.59 Å². The van der Waals surface area contributed by atoms with Gasteiger partial charge in [-0.25, -0.2) is 5.43 Å². The van der Waals surface area contributed by atoms with Crippen molar-refractivity contribution >= 4 is 35.0 Å². The summed E-state index contributed by atoms with van der Waals surface area (Å²) in [7, 11) is 0. The van der Waals surface area contributed by atoms with Crippen molar-refractivity contribution in [2.45, 2.75) is 20.3 Å². The van der Waals surface area contributed by atoms with Crippen molar-refractivity contribution in [1.29, 1.82) is 0 Å². The lowest BCUT2D eigenvalue weighted by Gasteiger charge is -2.13. The molecule has 0 saturated carbocycles. The SMILES string of the molecule is CC1=NN(C(=O)c2ccc(C)cc2)/C(=N/NC(=O)c2ccc(Cl)cc2)C1. The van der Waals surface area contributed by atoms with E-state index >= 15 is 0 Å². The van der Waals surface area contributed by atoms with E-state index in [1.807, 2.05) is 19.1 Å². The number of amidine groups is 1. The van der Waals surface area contributed by atoms with Crippen LogP contribution in [0.15, 0.2) is 58.7 Å². The molecule has 1 aliphatic heterocycles. The van der Waals surface area contributed by atoms with Crippen molar-refractivity contribution in [3.8, 4) is 0 Å². The Kier molecular flexibility index (Phi) is 5.14. The van der Waals surface area contributed by atoms with Crippen LogP contribution in [-0.4, -0.2) is 28.4 Å². The standard InChI is InChI=1S/C19H17ClN4O2/c1-12-3-5-15(6-4-12)19(26)24-17(11-13(2)23-24)21-22-18(25)14-7-9-16(20)10-8-14/h3-10H,11H2,1-2H3,(H,22,25)/b21-17+. The van der Waals surface area contributed by atoms with Crippen LogP contribution >= 0.6 is 11.6 Å². The number of carbonyl (C=O) groups excluding carboxylic acids is 2. The van der Waals surface area contributed by atoms with Gasteiger partial charge in [-0.05, 0) is 50.2 Å². The fourth-order valence-electron chi connectivity index (χ4n) is 2.42. The van der Waals surface area contributed by atoms with Gasteiger partial charge in [-0.2, -0.15) is 15.2 Å². The third-order valence-corrected chi connectivity index (χ3v) is 4.06. The van der Waals surface area contributed by atoms with Gasteiger partial charge in [0.15, 0.2) is 5.84 Å². The zero-order valence-electron chi connectivity index (χ0n) is 14.4. The minimum Gasteiger partial charge on any atom is -0.267 e. The van der Waals surface area contributed by atoms with Gasteiger partial charge in [0.1, 0.15) is 0 Å². The second kappa shape index (κ2) is 7.49. The largest absolute Gasteiger partial charge is 0.279 e. The average molecular weight is 369 g/mol. The molecule has 132 valence electrons. The smallest absolute Gasteiger partial charge is 0.267 e. The van der Waals surface area contributed by atoms with Crippen LogP contribution in [0.3, 0.4) is 0 Å². The summed E-state index contributed by atoms with van der Waals surface area (Å²) in [6, 6.07) is 13.7. The summed E-state index contributed by atoms with van der Waals surface area (Å²) in [5.74, 6) is -0.307. The number of rotatable bonds is 3. The van der Waals surface area contributed by atoms with E-state index in [2.05, 4.69) is 15.6 Å². The zero-order chi connectivity index (χ0) is 18.7. The topological polar surface area (TPSA) is 74.1 Å². The Bertz CT molecular complexity index is 902. The molecule has 0 fully saturated rings. The van der Waals surface area contributed by atoms with Gasteiger partial charge in [-0.3, -0.25) is 9.59 Å². The van der Waals surface area contributed by atoms with Crippen molar-refractivity contribution in [2.75, 3.05) is 0 Å². The Balaban J connectivity index is 1.76. The number of halogens is 1. The minimum atomic E-state index is -0.388. The second-order valence-electron chi connectivity index (χ2n) is 5.97. The normalized spacial score (nSPS) is 15.1. The van der Waals surface area contributed by atoms with Crippen LogP contribution in [0, 0.1) is 6.92 Å². The maximum absolute atomic E-state index is 12.7. The number of hydrazone groups is 2. The number of hydrogen-bond donors (Lipinski definition) is 1. The molecule has 1 N–H and O–H groups in total. The summed E-state index contributed by atoms with van der Waals surface area (Å²) in [6.07, 6.45) is 0.387. The molecule has 2 amide bonds. The highest BCUT2D eigenvalue weighted by Crippen LogP contribution is 2.15. The van der Waals surface area contributed by atoms with Crippen molar-refractivity contribution in [1.82, 2.24) is 10.4 Å². The number of nitrogens with one attached hydrogen (secondary N) is 1. The molecule has 0 radical (unpaired) electrons. The molecule has 2 aromatic rings. The van der Waals surface area contributed by atoms with Crippen LogP contribution in [0.5, 0.6) is 0 Å². The lowest BCUT2D eigenvalue weighted by molar-refractivity contribution is 0.0848. The van der Waals surface area contributed by atoms with E-state index in [1.54, 1.807) is 43.3 Å². The Morgan fingerprint density at radius 3 is 2.31 bits per heavy atom. The maximum Gasteiger partial charge on any atom is 0.279 e. The van der Waals surface area contributed by atoms with Crippen molar-refractivity contribution in [3.63, 3.8) is 0 Å². The van der Waals surface area contributed by atoms with Gasteiger partial charge in [0.2, 0.25) is 0 Å². The lowest BCUT2D eigenvalue weighted by Crippen LogP contribution is -2.31. The van der Waals surface area contributed by atoms with Gasteiger partial charge in [0, 0.05) is 28.3 Å². The Hall–Kier alpha value is -2.99. The van der Waals surface area contributed by atoms with Crippen LogP contribution in [0.1, 0.15) is 39.6 Å². The van der Waals surface area contributed by atoms with Gasteiger partial charge in [-0.15, -0.1) is 0 Å². The van der Waals surface area contributed by atoms with Crippen molar-refractivity contribution in [2.24, 2.45) is 10.2 Å². The first-order chi connectivity index (χ1) is 12.4. The Morgan fingerprint density at radius 1 is 1.04 bits per heavy atom. The van der Waals surface area contributed by atoms with E-state index < -0.39 is 0 Å². The summed E-state index contributed by atoms with van der Waals surface area (Å²) in [5, 5.41) is 10.1. The van der Waals surface area contributed by atoms with Crippen LogP contribution in [0.4, 0.5) is 0 Å². The molecule has 1 aliphatic rings. The molecule has 7 heteroatoms. The van der Waals surface area contributed by atoms with Crippen LogP contribution in [0.25, 0.3) is 0 Å². The van der Waals surface area contributed by atoms with E-state index in [4.69, 9.17) is 11.6 Å². The molecule has 0 atom stereocenters. The average Bonchev–Trinajstić information content (AvgIpc) is 3.01. The number of benzene rings is 2. The quantitative estimate of drug-likeness (QED) is 0.840. The number of carbonyl (C=O) groups is 2. The molecule has 0 spiro atoms. The summed E-state index contributed by atoms with van der Waals surface area (Å²) in [4.78, 5) is 24.9. The first-order valence-corrected chi connectivity index (χ1v) is 8.39. The van der Waals surface area contributed by atoms with E-state index in [9.17, 15) is 9.59 Å². The van der Waals surface area contributed by atoms with E-state index in [1.165, 1.54) is 5.01 Å². The molecular formula is C19H17ClN4O2. The fourth-order valence-corrected chi connectivity index (χ4v) is 2.54. The number of aryl methyl sites for hydroxylation is 1. The molecule has 0 aliphatic carbocycles. The van der Waals surface area contributed by atoms with E-state index in [0.717, 1.165) is 11.3 Å². The Labute approximate surface area is 156 Å². The number of amides is 2. The highest BCUT2D eigenvalue weighted by Gasteiger charge is 2.27. The third kappa shape index (κ3) is 3.97. The molecule has 6 nitrogen and oxygen atoms in total. The molecule has 1 heterocycles. The van der Waals surface area contributed by atoms with Gasteiger partial charge in [0.25, 0.3) is 11.8 Å². The van der Waals surface area contributed by atoms with Crippen molar-refractivity contribution in [3.05, 3.63) is 70.2 Å². The number of nitrogens with zero attached hydrogens (tertiary/aromatic N) is 3. The van der Waals surface area contributed by atoms with E-state index in [-0.39, 0.29) is 11.8 Å². The highest BCUT2D eigenvalue weighted by atomic mass is 35.5. The minimum absolute atomic E-state index is 0.290. The summed E-state index contributed by atoms with van der Waals surface area (Å²) in [5.41, 5.74) is 5.19. The molecule has 0 unspecified atom stereocenters. The molecule has 0 bridgehead atoms.